The van der Waals surface area contributed by atoms with E-state index in [0.29, 0.717) is 4.47 Å². The van der Waals surface area contributed by atoms with Crippen LogP contribution < -0.4 is 0 Å². The zero-order valence-electron chi connectivity index (χ0n) is 7.65. The molecular weight excluding hydrogens is 283 g/mol. The summed E-state index contributed by atoms with van der Waals surface area (Å²) in [6.45, 7) is 0. The molecule has 1 aromatic carbocycles. The molecule has 5 nitrogen and oxygen atoms in total. The van der Waals surface area contributed by atoms with Crippen molar-refractivity contribution in [3.63, 3.8) is 0 Å². The van der Waals surface area contributed by atoms with Crippen LogP contribution >= 0.6 is 15.9 Å². The van der Waals surface area contributed by atoms with Gasteiger partial charge in [0.15, 0.2) is 0 Å². The van der Waals surface area contributed by atoms with Gasteiger partial charge in [0.1, 0.15) is 5.82 Å². The molecule has 1 aromatic heterocycles. The topological polar surface area (TPSA) is 76.2 Å². The minimum absolute atomic E-state index is 0.0585. The molecule has 0 spiro atoms. The Balaban J connectivity index is 2.46. The number of hydrogen-bond donors (Lipinski definition) is 1. The number of nitrogens with zero attached hydrogens (tertiary/aromatic N) is 2. The van der Waals surface area contributed by atoms with Crippen LogP contribution in [0.25, 0.3) is 11.5 Å². The van der Waals surface area contributed by atoms with E-state index in [0.717, 1.165) is 0 Å². The second-order valence-corrected chi connectivity index (χ2v) is 3.76. The van der Waals surface area contributed by atoms with Crippen molar-refractivity contribution in [2.75, 3.05) is 0 Å². The molecule has 0 aliphatic heterocycles. The van der Waals surface area contributed by atoms with E-state index >= 15 is 0 Å². The average molecular weight is 287 g/mol. The third-order valence-electron chi connectivity index (χ3n) is 1.77. The van der Waals surface area contributed by atoms with Crippen LogP contribution in [-0.2, 0) is 0 Å². The molecule has 16 heavy (non-hydrogen) atoms. The first-order valence-electron chi connectivity index (χ1n) is 4.10. The molecule has 82 valence electrons. The van der Waals surface area contributed by atoms with Crippen LogP contribution in [0.5, 0.6) is 0 Å². The Morgan fingerprint density at radius 1 is 1.44 bits per heavy atom. The summed E-state index contributed by atoms with van der Waals surface area (Å²) in [5, 5.41) is 15.3. The lowest BCUT2D eigenvalue weighted by Crippen LogP contribution is -1.95. The first-order valence-corrected chi connectivity index (χ1v) is 4.89. The van der Waals surface area contributed by atoms with Gasteiger partial charge in [-0.1, -0.05) is 15.9 Å². The van der Waals surface area contributed by atoms with Gasteiger partial charge in [-0.3, -0.25) is 0 Å². The van der Waals surface area contributed by atoms with Crippen LogP contribution in [0.15, 0.2) is 27.1 Å². The maximum absolute atomic E-state index is 13.4. The Morgan fingerprint density at radius 2 is 2.19 bits per heavy atom. The van der Waals surface area contributed by atoms with E-state index in [4.69, 9.17) is 9.52 Å². The van der Waals surface area contributed by atoms with Crippen molar-refractivity contribution >= 4 is 21.9 Å². The van der Waals surface area contributed by atoms with Crippen molar-refractivity contribution in [1.82, 2.24) is 10.2 Å². The Morgan fingerprint density at radius 3 is 2.75 bits per heavy atom. The summed E-state index contributed by atoms with van der Waals surface area (Å²) in [4.78, 5) is 10.5. The number of hydrogen-bond acceptors (Lipinski definition) is 4. The lowest BCUT2D eigenvalue weighted by atomic mass is 10.2. The zero-order valence-corrected chi connectivity index (χ0v) is 9.23. The number of benzene rings is 1. The van der Waals surface area contributed by atoms with Crippen LogP contribution in [0.3, 0.4) is 0 Å². The Bertz CT molecular complexity index is 555. The molecule has 0 fully saturated rings. The van der Waals surface area contributed by atoms with E-state index in [-0.39, 0.29) is 11.5 Å². The molecule has 2 rings (SSSR count). The van der Waals surface area contributed by atoms with Crippen LogP contribution in [0.1, 0.15) is 10.7 Å². The monoisotopic (exact) mass is 286 g/mol. The average Bonchev–Trinajstić information content (AvgIpc) is 2.66. The van der Waals surface area contributed by atoms with Crippen LogP contribution in [0, 0.1) is 5.82 Å². The fourth-order valence-electron chi connectivity index (χ4n) is 1.08. The van der Waals surface area contributed by atoms with Gasteiger partial charge in [-0.25, -0.2) is 9.18 Å². The van der Waals surface area contributed by atoms with Crippen molar-refractivity contribution in [2.45, 2.75) is 0 Å². The fraction of sp³-hybridized carbons (Fsp3) is 0. The number of carboxylic acids is 1. The molecule has 1 heterocycles. The smallest absolute Gasteiger partial charge is 0.393 e. The summed E-state index contributed by atoms with van der Waals surface area (Å²) in [6, 6.07) is 4.22. The van der Waals surface area contributed by atoms with E-state index in [1.807, 2.05) is 0 Å². The summed E-state index contributed by atoms with van der Waals surface area (Å²) >= 11 is 3.10. The highest BCUT2D eigenvalue weighted by Crippen LogP contribution is 2.24. The fourth-order valence-corrected chi connectivity index (χ4v) is 1.41. The van der Waals surface area contributed by atoms with E-state index in [9.17, 15) is 9.18 Å². The van der Waals surface area contributed by atoms with E-state index in [1.54, 1.807) is 6.07 Å². The van der Waals surface area contributed by atoms with Gasteiger partial charge in [0.25, 0.3) is 5.89 Å². The van der Waals surface area contributed by atoms with Crippen LogP contribution in [0.2, 0.25) is 0 Å². The van der Waals surface area contributed by atoms with Crippen molar-refractivity contribution in [3.05, 3.63) is 34.4 Å². The van der Waals surface area contributed by atoms with Crippen LogP contribution in [-0.4, -0.2) is 21.3 Å². The highest BCUT2D eigenvalue weighted by Gasteiger charge is 2.16. The number of aromatic carboxylic acids is 1. The van der Waals surface area contributed by atoms with Crippen molar-refractivity contribution < 1.29 is 18.7 Å². The number of halogens is 2. The van der Waals surface area contributed by atoms with E-state index in [1.165, 1.54) is 12.1 Å². The Kier molecular flexibility index (Phi) is 2.69. The highest BCUT2D eigenvalue weighted by molar-refractivity contribution is 9.10. The molecule has 2 aromatic rings. The minimum Gasteiger partial charge on any atom is -0.474 e. The first-order chi connectivity index (χ1) is 7.58. The second-order valence-electron chi connectivity index (χ2n) is 2.84. The lowest BCUT2D eigenvalue weighted by Gasteiger charge is -1.97. The van der Waals surface area contributed by atoms with Gasteiger partial charge in [0, 0.05) is 4.47 Å². The standard InChI is InChI=1S/C9H4BrFN2O3/c10-4-1-2-5(6(11)3-4)7-12-13-8(16-7)9(14)15/h1-3H,(H,14,15). The first kappa shape index (κ1) is 10.7. The lowest BCUT2D eigenvalue weighted by molar-refractivity contribution is 0.0654. The molecule has 0 unspecified atom stereocenters. The predicted octanol–water partition coefficient (Wildman–Crippen LogP) is 2.34. The number of aromatic nitrogens is 2. The largest absolute Gasteiger partial charge is 0.474 e. The van der Waals surface area contributed by atoms with E-state index < -0.39 is 17.7 Å². The quantitative estimate of drug-likeness (QED) is 0.917. The van der Waals surface area contributed by atoms with Crippen molar-refractivity contribution in [1.29, 1.82) is 0 Å². The molecule has 7 heteroatoms. The van der Waals surface area contributed by atoms with E-state index in [2.05, 4.69) is 26.1 Å². The molecule has 0 amide bonds. The van der Waals surface area contributed by atoms with Gasteiger partial charge < -0.3 is 9.52 Å². The Hall–Kier alpha value is -1.76. The molecule has 0 aliphatic carbocycles. The molecule has 0 aliphatic rings. The molecule has 0 radical (unpaired) electrons. The number of carboxylic acid groups (broad SMARTS) is 1. The molecule has 0 saturated heterocycles. The maximum atomic E-state index is 13.4. The highest BCUT2D eigenvalue weighted by atomic mass is 79.9. The normalized spacial score (nSPS) is 10.4. The zero-order chi connectivity index (χ0) is 11.7. The van der Waals surface area contributed by atoms with Gasteiger partial charge >= 0.3 is 11.9 Å². The number of carbonyl (C=O) groups is 1. The molecule has 0 saturated carbocycles. The van der Waals surface area contributed by atoms with Gasteiger partial charge in [-0.2, -0.15) is 0 Å². The third-order valence-corrected chi connectivity index (χ3v) is 2.26. The molecule has 0 bridgehead atoms. The maximum Gasteiger partial charge on any atom is 0.393 e. The SMILES string of the molecule is O=C(O)c1nnc(-c2ccc(Br)cc2F)o1. The van der Waals surface area contributed by atoms with Crippen molar-refractivity contribution in [3.8, 4) is 11.5 Å². The van der Waals surface area contributed by atoms with Gasteiger partial charge in [-0.15, -0.1) is 10.2 Å². The second kappa shape index (κ2) is 4.01. The molecular formula is C9H4BrFN2O3. The molecule has 0 atom stereocenters. The van der Waals surface area contributed by atoms with Crippen LogP contribution in [0.4, 0.5) is 4.39 Å². The van der Waals surface area contributed by atoms with Crippen molar-refractivity contribution in [2.24, 2.45) is 0 Å². The summed E-state index contributed by atoms with van der Waals surface area (Å²) in [5.41, 5.74) is 0.0585. The summed E-state index contributed by atoms with van der Waals surface area (Å²) in [6.07, 6.45) is 0. The molecule has 1 N–H and O–H groups in total. The van der Waals surface area contributed by atoms with Gasteiger partial charge in [0.2, 0.25) is 0 Å². The minimum atomic E-state index is -1.35. The predicted molar refractivity (Wildman–Crippen MR) is 54.4 cm³/mol. The summed E-state index contributed by atoms with van der Waals surface area (Å²) < 4.78 is 18.8. The summed E-state index contributed by atoms with van der Waals surface area (Å²) in [7, 11) is 0. The van der Waals surface area contributed by atoms with Gasteiger partial charge in [0.05, 0.1) is 5.56 Å². The number of rotatable bonds is 2. The van der Waals surface area contributed by atoms with Gasteiger partial charge in [-0.05, 0) is 18.2 Å². The third kappa shape index (κ3) is 1.94. The summed E-state index contributed by atoms with van der Waals surface area (Å²) in [5.74, 6) is -2.66. The Labute approximate surface area is 97.0 Å².